The van der Waals surface area contributed by atoms with Crippen molar-refractivity contribution in [1.29, 1.82) is 0 Å². The second-order valence-corrected chi connectivity index (χ2v) is 13.2. The Kier molecular flexibility index (Phi) is 7.01. The molecule has 3 heterocycles. The van der Waals surface area contributed by atoms with E-state index in [0.29, 0.717) is 16.9 Å². The Balaban J connectivity index is 1.32. The van der Waals surface area contributed by atoms with Gasteiger partial charge in [-0.2, -0.15) is 0 Å². The number of aromatic nitrogens is 2. The monoisotopic (exact) mass is 508 g/mol. The first-order valence-corrected chi connectivity index (χ1v) is 15.3. The quantitative estimate of drug-likeness (QED) is 0.485. The van der Waals surface area contributed by atoms with Crippen LogP contribution in [0.3, 0.4) is 0 Å². The van der Waals surface area contributed by atoms with Crippen LogP contribution in [0, 0.1) is 6.92 Å². The van der Waals surface area contributed by atoms with Gasteiger partial charge < -0.3 is 14.4 Å². The lowest BCUT2D eigenvalue weighted by molar-refractivity contribution is 0.0753. The fourth-order valence-electron chi connectivity index (χ4n) is 6.19. The summed E-state index contributed by atoms with van der Waals surface area (Å²) in [7, 11) is -1.15. The molecule has 0 radical (unpaired) electrons. The van der Waals surface area contributed by atoms with Crippen LogP contribution in [0.25, 0.3) is 22.4 Å². The molecule has 194 valence electrons. The number of benzene rings is 2. The first-order chi connectivity index (χ1) is 17.1. The van der Waals surface area contributed by atoms with Gasteiger partial charge in [-0.1, -0.05) is 6.07 Å². The van der Waals surface area contributed by atoms with Crippen molar-refractivity contribution in [3.05, 3.63) is 47.5 Å². The smallest absolute Gasteiger partial charge is 0.175 e. The molecule has 0 bridgehead atoms. The van der Waals surface area contributed by atoms with Crippen LogP contribution in [0.15, 0.2) is 41.3 Å². The van der Waals surface area contributed by atoms with Gasteiger partial charge in [0.15, 0.2) is 9.84 Å². The summed E-state index contributed by atoms with van der Waals surface area (Å²) in [5.74, 6) is 1.46. The van der Waals surface area contributed by atoms with Crippen molar-refractivity contribution in [1.82, 2.24) is 19.4 Å². The Hall–Kier alpha value is -2.22. The van der Waals surface area contributed by atoms with Gasteiger partial charge in [0.1, 0.15) is 5.82 Å². The lowest BCUT2D eigenvalue weighted by Gasteiger charge is -2.43. The first kappa shape index (κ1) is 25.4. The van der Waals surface area contributed by atoms with E-state index in [1.807, 2.05) is 12.1 Å². The lowest BCUT2D eigenvalue weighted by atomic mass is 9.87. The van der Waals surface area contributed by atoms with E-state index >= 15 is 0 Å². The van der Waals surface area contributed by atoms with E-state index in [4.69, 9.17) is 4.98 Å². The second kappa shape index (κ2) is 9.92. The van der Waals surface area contributed by atoms with Crippen molar-refractivity contribution in [3.8, 4) is 11.4 Å². The molecule has 0 atom stereocenters. The third-order valence-corrected chi connectivity index (χ3v) is 9.62. The largest absolute Gasteiger partial charge is 0.327 e. The minimum atomic E-state index is -3.21. The third kappa shape index (κ3) is 4.98. The third-order valence-electron chi connectivity index (χ3n) is 8.49. The zero-order chi connectivity index (χ0) is 25.6. The van der Waals surface area contributed by atoms with Gasteiger partial charge in [-0.05, 0) is 120 Å². The molecule has 0 amide bonds. The van der Waals surface area contributed by atoms with Crippen LogP contribution in [0.1, 0.15) is 56.6 Å². The normalized spacial score (nSPS) is 19.5. The molecular weight excluding hydrogens is 468 g/mol. The van der Waals surface area contributed by atoms with Crippen molar-refractivity contribution < 1.29 is 8.42 Å². The fraction of sp³-hybridized carbons (Fsp3) is 0.552. The summed E-state index contributed by atoms with van der Waals surface area (Å²) in [5.41, 5.74) is 5.74. The van der Waals surface area contributed by atoms with Crippen LogP contribution in [-0.2, 0) is 16.9 Å². The van der Waals surface area contributed by atoms with Crippen molar-refractivity contribution in [3.63, 3.8) is 0 Å². The molecule has 6 nitrogen and oxygen atoms in total. The standard InChI is InChI=1S/C29H40N4O2S/c1-20(2)32-16-12-25(13-17-32)33-14-10-22(11-15-33)24-18-21(3)28-27(19-24)31(4)29(30-28)23-6-8-26(9-7-23)36(5,34)35/h6-9,18-20,22,25H,10-17H2,1-5H3. The van der Waals surface area contributed by atoms with Gasteiger partial charge in [0, 0.05) is 31.0 Å². The van der Waals surface area contributed by atoms with Crippen LogP contribution in [-0.4, -0.2) is 72.3 Å². The van der Waals surface area contributed by atoms with Gasteiger partial charge in [-0.25, -0.2) is 13.4 Å². The van der Waals surface area contributed by atoms with Gasteiger partial charge in [-0.3, -0.25) is 0 Å². The van der Waals surface area contributed by atoms with Crippen LogP contribution in [0.2, 0.25) is 0 Å². The molecule has 2 aromatic carbocycles. The number of fused-ring (bicyclic) bond motifs is 1. The Labute approximate surface area is 216 Å². The van der Waals surface area contributed by atoms with E-state index in [1.54, 1.807) is 12.1 Å². The van der Waals surface area contributed by atoms with E-state index in [0.717, 1.165) is 28.5 Å². The summed E-state index contributed by atoms with van der Waals surface area (Å²) in [6.07, 6.45) is 6.27. The summed E-state index contributed by atoms with van der Waals surface area (Å²) < 4.78 is 25.8. The average Bonchev–Trinajstić information content (AvgIpc) is 3.20. The van der Waals surface area contributed by atoms with Gasteiger partial charge in [0.2, 0.25) is 0 Å². The maximum Gasteiger partial charge on any atom is 0.175 e. The number of sulfone groups is 1. The van der Waals surface area contributed by atoms with E-state index < -0.39 is 9.84 Å². The van der Waals surface area contributed by atoms with Crippen molar-refractivity contribution >= 4 is 20.9 Å². The molecule has 0 spiro atoms. The van der Waals surface area contributed by atoms with Crippen molar-refractivity contribution in [2.75, 3.05) is 32.4 Å². The summed E-state index contributed by atoms with van der Waals surface area (Å²) >= 11 is 0. The minimum Gasteiger partial charge on any atom is -0.327 e. The molecule has 0 saturated carbocycles. The highest BCUT2D eigenvalue weighted by Crippen LogP contribution is 2.35. The van der Waals surface area contributed by atoms with Gasteiger partial charge in [0.25, 0.3) is 0 Å². The fourth-order valence-corrected chi connectivity index (χ4v) is 6.83. The van der Waals surface area contributed by atoms with Crippen LogP contribution in [0.5, 0.6) is 0 Å². The number of likely N-dealkylation sites (tertiary alicyclic amines) is 2. The summed E-state index contributed by atoms with van der Waals surface area (Å²) in [5, 5.41) is 0. The number of aryl methyl sites for hydroxylation is 2. The lowest BCUT2D eigenvalue weighted by Crippen LogP contribution is -2.48. The van der Waals surface area contributed by atoms with Crippen LogP contribution >= 0.6 is 0 Å². The Morgan fingerprint density at radius 2 is 1.58 bits per heavy atom. The van der Waals surface area contributed by atoms with Gasteiger partial charge in [0.05, 0.1) is 15.9 Å². The number of imidazole rings is 1. The average molecular weight is 509 g/mol. The predicted molar refractivity (Wildman–Crippen MR) is 147 cm³/mol. The van der Waals surface area contributed by atoms with Crippen LogP contribution in [0.4, 0.5) is 0 Å². The molecular formula is C29H40N4O2S. The molecule has 1 aromatic heterocycles. The molecule has 5 rings (SSSR count). The molecule has 7 heteroatoms. The summed E-state index contributed by atoms with van der Waals surface area (Å²) in [6, 6.07) is 13.1. The minimum absolute atomic E-state index is 0.334. The van der Waals surface area contributed by atoms with E-state index in [9.17, 15) is 8.42 Å². The molecule has 36 heavy (non-hydrogen) atoms. The van der Waals surface area contributed by atoms with Crippen molar-refractivity contribution in [2.45, 2.75) is 69.4 Å². The zero-order valence-electron chi connectivity index (χ0n) is 22.4. The molecule has 2 aliphatic rings. The molecule has 0 unspecified atom stereocenters. The molecule has 0 N–H and O–H groups in total. The van der Waals surface area contributed by atoms with E-state index in [-0.39, 0.29) is 0 Å². The topological polar surface area (TPSA) is 58.4 Å². The predicted octanol–water partition coefficient (Wildman–Crippen LogP) is 5.00. The molecule has 2 saturated heterocycles. The maximum absolute atomic E-state index is 11.8. The van der Waals surface area contributed by atoms with E-state index in [1.165, 1.54) is 69.2 Å². The number of hydrogen-bond acceptors (Lipinski definition) is 5. The SMILES string of the molecule is Cc1cc(C2CCN(C3CCN(C(C)C)CC3)CC2)cc2c1nc(-c1ccc(S(C)(=O)=O)cc1)n2C. The Bertz CT molecular complexity index is 1330. The maximum atomic E-state index is 11.8. The highest BCUT2D eigenvalue weighted by molar-refractivity contribution is 7.90. The highest BCUT2D eigenvalue weighted by Gasteiger charge is 2.29. The Morgan fingerprint density at radius 3 is 2.17 bits per heavy atom. The number of nitrogens with zero attached hydrogens (tertiary/aromatic N) is 4. The zero-order valence-corrected chi connectivity index (χ0v) is 23.2. The Morgan fingerprint density at radius 1 is 0.944 bits per heavy atom. The first-order valence-electron chi connectivity index (χ1n) is 13.4. The van der Waals surface area contributed by atoms with Gasteiger partial charge in [-0.15, -0.1) is 0 Å². The summed E-state index contributed by atoms with van der Waals surface area (Å²) in [4.78, 5) is 10.7. The van der Waals surface area contributed by atoms with E-state index in [2.05, 4.69) is 54.3 Å². The number of piperidine rings is 2. The molecule has 2 fully saturated rings. The highest BCUT2D eigenvalue weighted by atomic mass is 32.2. The number of hydrogen-bond donors (Lipinski definition) is 0. The second-order valence-electron chi connectivity index (χ2n) is 11.2. The molecule has 3 aromatic rings. The summed E-state index contributed by atoms with van der Waals surface area (Å²) in [6.45, 7) is 11.6. The van der Waals surface area contributed by atoms with Gasteiger partial charge >= 0.3 is 0 Å². The molecule has 2 aliphatic heterocycles. The number of rotatable bonds is 5. The van der Waals surface area contributed by atoms with Crippen LogP contribution < -0.4 is 0 Å². The molecule has 0 aliphatic carbocycles. The van der Waals surface area contributed by atoms with Crippen molar-refractivity contribution in [2.24, 2.45) is 7.05 Å².